The Balaban J connectivity index is 1.89. The molecule has 2 aliphatic carbocycles. The molecule has 0 heterocycles. The van der Waals surface area contributed by atoms with Crippen molar-refractivity contribution in [1.82, 2.24) is 0 Å². The van der Waals surface area contributed by atoms with Crippen molar-refractivity contribution in [2.75, 3.05) is 0 Å². The first-order chi connectivity index (χ1) is 10.7. The number of hydrogen-bond acceptors (Lipinski definition) is 3. The van der Waals surface area contributed by atoms with E-state index in [2.05, 4.69) is 34.6 Å². The molecule has 0 aliphatic heterocycles. The summed E-state index contributed by atoms with van der Waals surface area (Å²) >= 11 is 0. The Morgan fingerprint density at radius 1 is 1.26 bits per heavy atom. The molecule has 0 amide bonds. The van der Waals surface area contributed by atoms with E-state index in [-0.39, 0.29) is 22.8 Å². The van der Waals surface area contributed by atoms with Gasteiger partial charge in [-0.3, -0.25) is 4.99 Å². The molecule has 0 saturated heterocycles. The summed E-state index contributed by atoms with van der Waals surface area (Å²) in [6.07, 6.45) is 3.56. The number of nitrogens with zero attached hydrogens (tertiary/aromatic N) is 1. The molecule has 0 spiro atoms. The van der Waals surface area contributed by atoms with Gasteiger partial charge in [-0.05, 0) is 41.7 Å². The highest BCUT2D eigenvalue weighted by Gasteiger charge is 2.65. The summed E-state index contributed by atoms with van der Waals surface area (Å²) in [7, 11) is 0. The third-order valence-electron chi connectivity index (χ3n) is 6.87. The van der Waals surface area contributed by atoms with E-state index in [1.54, 1.807) is 6.21 Å². The number of phenolic OH excluding ortho intramolecular Hbond substituents is 1. The number of aliphatic hydroxyl groups is 1. The first kappa shape index (κ1) is 16.5. The minimum Gasteiger partial charge on any atom is -0.507 e. The maximum Gasteiger partial charge on any atom is 0.127 e. The highest BCUT2D eigenvalue weighted by molar-refractivity contribution is 5.84. The van der Waals surface area contributed by atoms with Gasteiger partial charge in [-0.1, -0.05) is 46.8 Å². The molecule has 2 aliphatic rings. The number of aliphatic hydroxyl groups excluding tert-OH is 1. The maximum absolute atomic E-state index is 10.8. The summed E-state index contributed by atoms with van der Waals surface area (Å²) in [5, 5.41) is 21.2. The van der Waals surface area contributed by atoms with Gasteiger partial charge in [0.25, 0.3) is 0 Å². The van der Waals surface area contributed by atoms with Crippen molar-refractivity contribution in [1.29, 1.82) is 0 Å². The van der Waals surface area contributed by atoms with Crippen LogP contribution < -0.4 is 0 Å². The Labute approximate surface area is 139 Å². The zero-order chi connectivity index (χ0) is 17.0. The Bertz CT molecular complexity index is 635. The number of rotatable bonds is 3. The van der Waals surface area contributed by atoms with Gasteiger partial charge in [0, 0.05) is 17.2 Å². The third-order valence-corrected chi connectivity index (χ3v) is 6.87. The van der Waals surface area contributed by atoms with Crippen LogP contribution in [0.5, 0.6) is 5.75 Å². The molecule has 1 aromatic rings. The number of hydrogen-bond donors (Lipinski definition) is 2. The van der Waals surface area contributed by atoms with Gasteiger partial charge < -0.3 is 10.2 Å². The molecule has 0 aromatic heterocycles. The first-order valence-corrected chi connectivity index (χ1v) is 8.73. The lowest BCUT2D eigenvalue weighted by atomic mass is 9.70. The number of fused-ring (bicyclic) bond motifs is 2. The van der Waals surface area contributed by atoms with Gasteiger partial charge in [0.05, 0.1) is 12.1 Å². The van der Waals surface area contributed by atoms with Crippen molar-refractivity contribution in [3.8, 4) is 5.75 Å². The molecular formula is C20H29NO2. The molecule has 126 valence electrons. The SMILES string of the molecule is CC(C)c1cccc(C=N[C@@H]2[C@H]3CC[C@@](C)([C@@H]2O)C3(C)C)c1O. The molecule has 2 bridgehead atoms. The van der Waals surface area contributed by atoms with E-state index in [0.717, 1.165) is 24.0 Å². The van der Waals surface area contributed by atoms with E-state index in [0.29, 0.717) is 11.7 Å². The van der Waals surface area contributed by atoms with Gasteiger partial charge in [-0.15, -0.1) is 0 Å². The highest BCUT2D eigenvalue weighted by Crippen LogP contribution is 2.66. The molecule has 2 saturated carbocycles. The molecular weight excluding hydrogens is 286 g/mol. The van der Waals surface area contributed by atoms with E-state index < -0.39 is 6.10 Å². The molecule has 0 unspecified atom stereocenters. The standard InChI is InChI=1S/C20H29NO2/c1-12(2)14-8-6-7-13(17(14)22)11-21-16-15-9-10-20(5,18(16)23)19(15,3)4/h6-8,11-12,15-16,18,22-23H,9-10H2,1-5H3/t15-,16-,18-,20+/m1/s1. The Kier molecular flexibility index (Phi) is 3.83. The lowest BCUT2D eigenvalue weighted by Crippen LogP contribution is -2.39. The van der Waals surface area contributed by atoms with Crippen molar-refractivity contribution in [3.63, 3.8) is 0 Å². The first-order valence-electron chi connectivity index (χ1n) is 8.73. The normalized spacial score (nSPS) is 35.5. The second kappa shape index (κ2) is 5.34. The molecule has 2 fully saturated rings. The van der Waals surface area contributed by atoms with E-state index in [4.69, 9.17) is 4.99 Å². The molecule has 3 nitrogen and oxygen atoms in total. The fourth-order valence-electron chi connectivity index (χ4n) is 4.79. The minimum absolute atomic E-state index is 0.0541. The minimum atomic E-state index is -0.400. The van der Waals surface area contributed by atoms with E-state index in [9.17, 15) is 10.2 Å². The van der Waals surface area contributed by atoms with E-state index in [1.807, 2.05) is 18.2 Å². The average molecular weight is 315 g/mol. The molecule has 3 rings (SSSR count). The second-order valence-corrected chi connectivity index (χ2v) is 8.44. The van der Waals surface area contributed by atoms with Crippen molar-refractivity contribution < 1.29 is 10.2 Å². The summed E-state index contributed by atoms with van der Waals surface area (Å²) in [5.74, 6) is 0.998. The van der Waals surface area contributed by atoms with Crippen molar-refractivity contribution in [3.05, 3.63) is 29.3 Å². The molecule has 4 atom stereocenters. The molecule has 3 heteroatoms. The summed E-state index contributed by atoms with van der Waals surface area (Å²) in [6.45, 7) is 10.9. The predicted octanol–water partition coefficient (Wildman–Crippen LogP) is 4.12. The van der Waals surface area contributed by atoms with Crippen molar-refractivity contribution in [2.45, 2.75) is 65.5 Å². The summed E-state index contributed by atoms with van der Waals surface area (Å²) in [5.41, 5.74) is 1.74. The highest BCUT2D eigenvalue weighted by atomic mass is 16.3. The zero-order valence-corrected chi connectivity index (χ0v) is 14.9. The van der Waals surface area contributed by atoms with Gasteiger partial charge in [-0.25, -0.2) is 0 Å². The largest absolute Gasteiger partial charge is 0.507 e. The van der Waals surface area contributed by atoms with E-state index >= 15 is 0 Å². The fourth-order valence-corrected chi connectivity index (χ4v) is 4.79. The number of aromatic hydroxyl groups is 1. The van der Waals surface area contributed by atoms with Crippen LogP contribution in [-0.2, 0) is 0 Å². The van der Waals surface area contributed by atoms with Crippen LogP contribution in [0.4, 0.5) is 0 Å². The lowest BCUT2D eigenvalue weighted by Gasteiger charge is -2.36. The number of phenols is 1. The summed E-state index contributed by atoms with van der Waals surface area (Å²) in [6, 6.07) is 5.73. The smallest absolute Gasteiger partial charge is 0.127 e. The Morgan fingerprint density at radius 3 is 2.52 bits per heavy atom. The topological polar surface area (TPSA) is 52.8 Å². The molecule has 2 N–H and O–H groups in total. The molecule has 0 radical (unpaired) electrons. The third kappa shape index (κ3) is 2.24. The molecule has 1 aromatic carbocycles. The Hall–Kier alpha value is -1.35. The predicted molar refractivity (Wildman–Crippen MR) is 94.2 cm³/mol. The van der Waals surface area contributed by atoms with Gasteiger partial charge in [0.2, 0.25) is 0 Å². The van der Waals surface area contributed by atoms with Crippen LogP contribution in [0.1, 0.15) is 64.5 Å². The monoisotopic (exact) mass is 315 g/mol. The van der Waals surface area contributed by atoms with Gasteiger partial charge in [-0.2, -0.15) is 0 Å². The van der Waals surface area contributed by atoms with E-state index in [1.165, 1.54) is 0 Å². The molecule has 23 heavy (non-hydrogen) atoms. The van der Waals surface area contributed by atoms with Crippen LogP contribution in [0.25, 0.3) is 0 Å². The van der Waals surface area contributed by atoms with Gasteiger partial charge in [0.1, 0.15) is 5.75 Å². The second-order valence-electron chi connectivity index (χ2n) is 8.44. The van der Waals surface area contributed by atoms with Crippen LogP contribution in [0.3, 0.4) is 0 Å². The quantitative estimate of drug-likeness (QED) is 0.824. The maximum atomic E-state index is 10.8. The summed E-state index contributed by atoms with van der Waals surface area (Å²) < 4.78 is 0. The number of para-hydroxylation sites is 1. The van der Waals surface area contributed by atoms with Gasteiger partial charge >= 0.3 is 0 Å². The number of aliphatic imine (C=N–C) groups is 1. The van der Waals surface area contributed by atoms with Crippen LogP contribution >= 0.6 is 0 Å². The summed E-state index contributed by atoms with van der Waals surface area (Å²) in [4.78, 5) is 4.72. The Morgan fingerprint density at radius 2 is 1.96 bits per heavy atom. The van der Waals surface area contributed by atoms with Crippen molar-refractivity contribution >= 4 is 6.21 Å². The van der Waals surface area contributed by atoms with Gasteiger partial charge in [0.15, 0.2) is 0 Å². The van der Waals surface area contributed by atoms with Crippen LogP contribution in [0.15, 0.2) is 23.2 Å². The average Bonchev–Trinajstić information content (AvgIpc) is 2.79. The fraction of sp³-hybridized carbons (Fsp3) is 0.650. The zero-order valence-electron chi connectivity index (χ0n) is 14.9. The lowest BCUT2D eigenvalue weighted by molar-refractivity contribution is 0.00624. The van der Waals surface area contributed by atoms with Crippen LogP contribution in [0, 0.1) is 16.7 Å². The number of benzene rings is 1. The van der Waals surface area contributed by atoms with Crippen molar-refractivity contribution in [2.24, 2.45) is 21.7 Å². The van der Waals surface area contributed by atoms with Crippen LogP contribution in [-0.4, -0.2) is 28.6 Å². The van der Waals surface area contributed by atoms with Crippen LogP contribution in [0.2, 0.25) is 0 Å².